The fraction of sp³-hybridized carbons (Fsp3) is 0.300. The summed E-state index contributed by atoms with van der Waals surface area (Å²) in [6.07, 6.45) is -0.196. The van der Waals surface area contributed by atoms with E-state index in [1.165, 1.54) is 25.4 Å². The molecule has 86 valence electrons. The van der Waals surface area contributed by atoms with E-state index in [1.54, 1.807) is 11.4 Å². The molecule has 0 bridgehead atoms. The molecule has 0 spiro atoms. The lowest BCUT2D eigenvalue weighted by Gasteiger charge is -2.03. The van der Waals surface area contributed by atoms with Crippen LogP contribution in [-0.4, -0.2) is 24.8 Å². The third kappa shape index (κ3) is 3.16. The molecule has 1 rings (SSSR count). The average molecular weight is 241 g/mol. The number of esters is 1. The van der Waals surface area contributed by atoms with Crippen molar-refractivity contribution in [2.24, 2.45) is 0 Å². The largest absolute Gasteiger partial charge is 0.465 e. The number of carbonyl (C=O) groups excluding carboxylic acids is 3. The van der Waals surface area contributed by atoms with E-state index in [0.29, 0.717) is 10.6 Å². The van der Waals surface area contributed by atoms with E-state index >= 15 is 0 Å². The van der Waals surface area contributed by atoms with E-state index in [9.17, 15) is 14.4 Å². The molecule has 0 aliphatic heterocycles. The summed E-state index contributed by atoms with van der Waals surface area (Å²) < 4.78 is 4.55. The molecule has 1 aromatic rings. The summed E-state index contributed by atoms with van der Waals surface area (Å²) in [6, 6.07) is 1.56. The van der Waals surface area contributed by atoms with E-state index < -0.39 is 11.9 Å². The molecule has 0 fully saturated rings. The minimum Gasteiger partial charge on any atom is -0.465 e. The number of carbonyl (C=O) groups is 3. The summed E-state index contributed by atoms with van der Waals surface area (Å²) in [4.78, 5) is 33.3. The Hall–Kier alpha value is -1.69. The Kier molecular flexibility index (Phi) is 4.19. The predicted octanol–water partition coefficient (Wildman–Crippen LogP) is 1.45. The summed E-state index contributed by atoms with van der Waals surface area (Å²) in [6.45, 7) is 1.33. The number of anilines is 1. The first-order chi connectivity index (χ1) is 7.54. The SMILES string of the molecule is COC(=O)c1ccsc1NC(=O)CC(C)=O. The van der Waals surface area contributed by atoms with Crippen LogP contribution in [0.15, 0.2) is 11.4 Å². The van der Waals surface area contributed by atoms with Crippen LogP contribution in [0.1, 0.15) is 23.7 Å². The first-order valence-electron chi connectivity index (χ1n) is 4.49. The van der Waals surface area contributed by atoms with Gasteiger partial charge in [-0.2, -0.15) is 0 Å². The number of Topliss-reactive ketones (excluding diaryl/α,β-unsaturated/α-hetero) is 1. The summed E-state index contributed by atoms with van der Waals surface area (Å²) in [5, 5.41) is 4.56. The second-order valence-corrected chi connectivity index (χ2v) is 4.00. The highest BCUT2D eigenvalue weighted by Gasteiger charge is 2.15. The summed E-state index contributed by atoms with van der Waals surface area (Å²) >= 11 is 1.20. The number of thiophene rings is 1. The maximum Gasteiger partial charge on any atom is 0.340 e. The Balaban J connectivity index is 2.74. The number of rotatable bonds is 4. The minimum atomic E-state index is -0.514. The van der Waals surface area contributed by atoms with Gasteiger partial charge in [0.25, 0.3) is 0 Å². The van der Waals surface area contributed by atoms with Crippen LogP contribution >= 0.6 is 11.3 Å². The molecule has 1 N–H and O–H groups in total. The van der Waals surface area contributed by atoms with Gasteiger partial charge in [-0.25, -0.2) is 4.79 Å². The van der Waals surface area contributed by atoms with E-state index in [-0.39, 0.29) is 12.2 Å². The quantitative estimate of drug-likeness (QED) is 0.639. The third-order valence-corrected chi connectivity index (χ3v) is 2.56. The molecule has 0 aromatic carbocycles. The van der Waals surface area contributed by atoms with Gasteiger partial charge >= 0.3 is 5.97 Å². The van der Waals surface area contributed by atoms with Crippen LogP contribution in [0.4, 0.5) is 5.00 Å². The van der Waals surface area contributed by atoms with Gasteiger partial charge in [0.1, 0.15) is 10.8 Å². The first kappa shape index (κ1) is 12.4. The molecule has 0 saturated carbocycles. The number of ether oxygens (including phenoxy) is 1. The molecule has 6 heteroatoms. The van der Waals surface area contributed by atoms with Crippen LogP contribution in [0, 0.1) is 0 Å². The van der Waals surface area contributed by atoms with Crippen molar-refractivity contribution in [3.8, 4) is 0 Å². The lowest BCUT2D eigenvalue weighted by Crippen LogP contribution is -2.15. The average Bonchev–Trinajstić information content (AvgIpc) is 2.63. The molecule has 1 heterocycles. The van der Waals surface area contributed by atoms with Gasteiger partial charge in [0.15, 0.2) is 0 Å². The maximum absolute atomic E-state index is 11.3. The van der Waals surface area contributed by atoms with Crippen molar-refractivity contribution < 1.29 is 19.1 Å². The second kappa shape index (κ2) is 5.41. The van der Waals surface area contributed by atoms with Gasteiger partial charge in [0.2, 0.25) is 5.91 Å². The van der Waals surface area contributed by atoms with Gasteiger partial charge in [-0.3, -0.25) is 9.59 Å². The molecule has 0 aliphatic rings. The highest BCUT2D eigenvalue weighted by molar-refractivity contribution is 7.14. The van der Waals surface area contributed by atoms with Gasteiger partial charge in [-0.1, -0.05) is 0 Å². The molecule has 0 atom stereocenters. The van der Waals surface area contributed by atoms with Gasteiger partial charge in [0.05, 0.1) is 19.1 Å². The molecule has 5 nitrogen and oxygen atoms in total. The summed E-state index contributed by atoms with van der Waals surface area (Å²) in [5.41, 5.74) is 0.296. The Morgan fingerprint density at radius 2 is 2.12 bits per heavy atom. The Morgan fingerprint density at radius 1 is 1.44 bits per heavy atom. The molecule has 0 aliphatic carbocycles. The molecule has 0 unspecified atom stereocenters. The molecule has 16 heavy (non-hydrogen) atoms. The van der Waals surface area contributed by atoms with E-state index in [0.717, 1.165) is 0 Å². The highest BCUT2D eigenvalue weighted by Crippen LogP contribution is 2.23. The normalized spacial score (nSPS) is 9.62. The predicted molar refractivity (Wildman–Crippen MR) is 59.6 cm³/mol. The van der Waals surface area contributed by atoms with Crippen molar-refractivity contribution in [2.75, 3.05) is 12.4 Å². The van der Waals surface area contributed by atoms with Crippen LogP contribution in [0.3, 0.4) is 0 Å². The fourth-order valence-electron chi connectivity index (χ4n) is 1.07. The minimum absolute atomic E-state index is 0.196. The van der Waals surface area contributed by atoms with Gasteiger partial charge in [0, 0.05) is 0 Å². The van der Waals surface area contributed by atoms with E-state index in [2.05, 4.69) is 10.1 Å². The van der Waals surface area contributed by atoms with Crippen LogP contribution in [0.2, 0.25) is 0 Å². The molecule has 1 amide bonds. The Morgan fingerprint density at radius 3 is 2.69 bits per heavy atom. The third-order valence-electron chi connectivity index (χ3n) is 1.73. The zero-order valence-corrected chi connectivity index (χ0v) is 9.72. The smallest absolute Gasteiger partial charge is 0.340 e. The summed E-state index contributed by atoms with van der Waals surface area (Å²) in [5.74, 6) is -1.17. The summed E-state index contributed by atoms with van der Waals surface area (Å²) in [7, 11) is 1.27. The zero-order chi connectivity index (χ0) is 12.1. The number of hydrogen-bond acceptors (Lipinski definition) is 5. The van der Waals surface area contributed by atoms with Crippen molar-refractivity contribution in [3.05, 3.63) is 17.0 Å². The molecule has 1 aromatic heterocycles. The van der Waals surface area contributed by atoms with Gasteiger partial charge in [-0.15, -0.1) is 11.3 Å². The maximum atomic E-state index is 11.3. The number of nitrogens with one attached hydrogen (secondary N) is 1. The Labute approximate surface area is 96.4 Å². The molecule has 0 saturated heterocycles. The van der Waals surface area contributed by atoms with Crippen molar-refractivity contribution in [1.29, 1.82) is 0 Å². The van der Waals surface area contributed by atoms with Gasteiger partial charge < -0.3 is 10.1 Å². The standard InChI is InChI=1S/C10H11NO4S/c1-6(12)5-8(13)11-9-7(3-4-16-9)10(14)15-2/h3-4H,5H2,1-2H3,(H,11,13). The fourth-order valence-corrected chi connectivity index (χ4v) is 1.87. The monoisotopic (exact) mass is 241 g/mol. The number of ketones is 1. The number of amides is 1. The Bertz CT molecular complexity index is 424. The van der Waals surface area contributed by atoms with Crippen LogP contribution < -0.4 is 5.32 Å². The van der Waals surface area contributed by atoms with Gasteiger partial charge in [-0.05, 0) is 18.4 Å². The van der Waals surface area contributed by atoms with Crippen LogP contribution in [0.5, 0.6) is 0 Å². The molecular weight excluding hydrogens is 230 g/mol. The van der Waals surface area contributed by atoms with Crippen molar-refractivity contribution in [1.82, 2.24) is 0 Å². The number of hydrogen-bond donors (Lipinski definition) is 1. The zero-order valence-electron chi connectivity index (χ0n) is 8.90. The molecular formula is C10H11NO4S. The van der Waals surface area contributed by atoms with E-state index in [4.69, 9.17) is 0 Å². The van der Waals surface area contributed by atoms with Crippen molar-refractivity contribution in [2.45, 2.75) is 13.3 Å². The first-order valence-corrected chi connectivity index (χ1v) is 5.37. The van der Waals surface area contributed by atoms with Crippen molar-refractivity contribution >= 4 is 34.0 Å². The lowest BCUT2D eigenvalue weighted by molar-refractivity contribution is -0.124. The molecule has 0 radical (unpaired) electrons. The number of methoxy groups -OCH3 is 1. The van der Waals surface area contributed by atoms with Crippen LogP contribution in [-0.2, 0) is 14.3 Å². The second-order valence-electron chi connectivity index (χ2n) is 3.08. The topological polar surface area (TPSA) is 72.5 Å². The van der Waals surface area contributed by atoms with E-state index in [1.807, 2.05) is 0 Å². The lowest BCUT2D eigenvalue weighted by atomic mass is 10.3. The van der Waals surface area contributed by atoms with Crippen LogP contribution in [0.25, 0.3) is 0 Å². The van der Waals surface area contributed by atoms with Crippen molar-refractivity contribution in [3.63, 3.8) is 0 Å². The highest BCUT2D eigenvalue weighted by atomic mass is 32.1.